The van der Waals surface area contributed by atoms with Crippen LogP contribution in [0.4, 0.5) is 0 Å². The Labute approximate surface area is 90.2 Å². The van der Waals surface area contributed by atoms with Crippen molar-refractivity contribution in [2.75, 3.05) is 6.54 Å². The maximum Gasteiger partial charge on any atom is 0.138 e. The second-order valence-corrected chi connectivity index (χ2v) is 3.97. The summed E-state index contributed by atoms with van der Waals surface area (Å²) in [5.74, 6) is 0.343. The highest BCUT2D eigenvalue weighted by Gasteiger charge is 2.19. The Morgan fingerprint density at radius 3 is 2.73 bits per heavy atom. The summed E-state index contributed by atoms with van der Waals surface area (Å²) in [6.07, 6.45) is 4.02. The van der Waals surface area contributed by atoms with Crippen molar-refractivity contribution in [2.45, 2.75) is 13.5 Å². The highest BCUT2D eigenvalue weighted by Crippen LogP contribution is 2.16. The van der Waals surface area contributed by atoms with Crippen LogP contribution in [0, 0.1) is 5.92 Å². The summed E-state index contributed by atoms with van der Waals surface area (Å²) in [5, 5.41) is 0. The topological polar surface area (TPSA) is 20.3 Å². The van der Waals surface area contributed by atoms with Crippen LogP contribution < -0.4 is 0 Å². The van der Waals surface area contributed by atoms with Gasteiger partial charge in [0.2, 0.25) is 0 Å². The van der Waals surface area contributed by atoms with Crippen molar-refractivity contribution in [3.8, 4) is 0 Å². The molecule has 1 atom stereocenters. The van der Waals surface area contributed by atoms with E-state index in [1.54, 1.807) is 6.92 Å². The molecule has 1 aromatic rings. The Kier molecular flexibility index (Phi) is 2.86. The molecule has 1 unspecified atom stereocenters. The molecule has 1 aliphatic rings. The van der Waals surface area contributed by atoms with Crippen LogP contribution in [-0.4, -0.2) is 17.2 Å². The molecular weight excluding hydrogens is 186 g/mol. The molecular formula is C13H15NO. The van der Waals surface area contributed by atoms with E-state index in [9.17, 15) is 4.79 Å². The predicted octanol–water partition coefficient (Wildman–Crippen LogP) is 2.22. The van der Waals surface area contributed by atoms with Gasteiger partial charge in [-0.3, -0.25) is 4.79 Å². The molecule has 1 heterocycles. The predicted molar refractivity (Wildman–Crippen MR) is 60.2 cm³/mol. The number of hydrogen-bond donors (Lipinski definition) is 0. The minimum atomic E-state index is 0.0914. The summed E-state index contributed by atoms with van der Waals surface area (Å²) in [4.78, 5) is 13.3. The third-order valence-electron chi connectivity index (χ3n) is 2.71. The van der Waals surface area contributed by atoms with Gasteiger partial charge in [-0.05, 0) is 18.7 Å². The van der Waals surface area contributed by atoms with E-state index in [1.807, 2.05) is 30.5 Å². The van der Waals surface area contributed by atoms with E-state index in [1.165, 1.54) is 5.56 Å². The minimum absolute atomic E-state index is 0.0914. The lowest BCUT2D eigenvalue weighted by atomic mass is 10.1. The molecule has 0 bridgehead atoms. The summed E-state index contributed by atoms with van der Waals surface area (Å²) in [7, 11) is 0. The van der Waals surface area contributed by atoms with Crippen LogP contribution in [0.15, 0.2) is 42.6 Å². The van der Waals surface area contributed by atoms with Crippen molar-refractivity contribution in [2.24, 2.45) is 5.92 Å². The van der Waals surface area contributed by atoms with Gasteiger partial charge in [0.25, 0.3) is 0 Å². The molecule has 0 aromatic heterocycles. The van der Waals surface area contributed by atoms with Crippen LogP contribution in [0.3, 0.4) is 0 Å². The molecule has 1 aliphatic heterocycles. The number of carbonyl (C=O) groups excluding carboxylic acids is 1. The van der Waals surface area contributed by atoms with Crippen LogP contribution in [0.5, 0.6) is 0 Å². The zero-order valence-corrected chi connectivity index (χ0v) is 8.89. The standard InChI is InChI=1S/C13H15NO/c1-11(15)13-7-8-14(10-13)9-12-5-3-2-4-6-12/h2-8,13H,9-10H2,1H3. The third kappa shape index (κ3) is 2.46. The van der Waals surface area contributed by atoms with Crippen molar-refractivity contribution < 1.29 is 4.79 Å². The van der Waals surface area contributed by atoms with Crippen molar-refractivity contribution in [1.29, 1.82) is 0 Å². The lowest BCUT2D eigenvalue weighted by Gasteiger charge is -2.16. The van der Waals surface area contributed by atoms with E-state index in [2.05, 4.69) is 17.0 Å². The quantitative estimate of drug-likeness (QED) is 0.747. The second-order valence-electron chi connectivity index (χ2n) is 3.97. The van der Waals surface area contributed by atoms with Crippen molar-refractivity contribution >= 4 is 5.78 Å². The fourth-order valence-corrected chi connectivity index (χ4v) is 1.80. The number of hydrogen-bond acceptors (Lipinski definition) is 2. The Morgan fingerprint density at radius 1 is 1.40 bits per heavy atom. The summed E-state index contributed by atoms with van der Waals surface area (Å²) in [6.45, 7) is 3.37. The average Bonchev–Trinajstić information content (AvgIpc) is 2.68. The molecule has 1 aromatic carbocycles. The molecule has 2 heteroatoms. The lowest BCUT2D eigenvalue weighted by Crippen LogP contribution is -2.21. The Hall–Kier alpha value is -1.57. The van der Waals surface area contributed by atoms with Crippen LogP contribution in [0.25, 0.3) is 0 Å². The number of rotatable bonds is 3. The summed E-state index contributed by atoms with van der Waals surface area (Å²) in [5.41, 5.74) is 1.28. The first-order chi connectivity index (χ1) is 7.25. The summed E-state index contributed by atoms with van der Waals surface area (Å²) < 4.78 is 0. The highest BCUT2D eigenvalue weighted by atomic mass is 16.1. The molecule has 0 fully saturated rings. The number of Topliss-reactive ketones (excluding diaryl/α,β-unsaturated/α-hetero) is 1. The molecule has 15 heavy (non-hydrogen) atoms. The maximum atomic E-state index is 11.2. The smallest absolute Gasteiger partial charge is 0.138 e. The number of nitrogens with zero attached hydrogens (tertiary/aromatic N) is 1. The van der Waals surface area contributed by atoms with Gasteiger partial charge in [-0.25, -0.2) is 0 Å². The van der Waals surface area contributed by atoms with Gasteiger partial charge in [-0.2, -0.15) is 0 Å². The highest BCUT2D eigenvalue weighted by molar-refractivity contribution is 5.80. The molecule has 0 spiro atoms. The molecule has 2 rings (SSSR count). The van der Waals surface area contributed by atoms with Crippen LogP contribution >= 0.6 is 0 Å². The van der Waals surface area contributed by atoms with E-state index in [0.29, 0.717) is 0 Å². The van der Waals surface area contributed by atoms with E-state index < -0.39 is 0 Å². The average molecular weight is 201 g/mol. The SMILES string of the molecule is CC(=O)C1C=CN(Cc2ccccc2)C1. The van der Waals surface area contributed by atoms with Gasteiger partial charge >= 0.3 is 0 Å². The Bertz CT molecular complexity index is 369. The first-order valence-corrected chi connectivity index (χ1v) is 5.22. The lowest BCUT2D eigenvalue weighted by molar-refractivity contribution is -0.119. The molecule has 0 radical (unpaired) electrons. The molecule has 0 aliphatic carbocycles. The number of carbonyl (C=O) groups is 1. The van der Waals surface area contributed by atoms with Crippen molar-refractivity contribution in [3.63, 3.8) is 0 Å². The van der Waals surface area contributed by atoms with Crippen LogP contribution in [-0.2, 0) is 11.3 Å². The van der Waals surface area contributed by atoms with Crippen molar-refractivity contribution in [3.05, 3.63) is 48.2 Å². The first-order valence-electron chi connectivity index (χ1n) is 5.22. The zero-order chi connectivity index (χ0) is 10.7. The molecule has 0 amide bonds. The minimum Gasteiger partial charge on any atom is -0.372 e. The monoisotopic (exact) mass is 201 g/mol. The van der Waals surface area contributed by atoms with E-state index in [4.69, 9.17) is 0 Å². The Balaban J connectivity index is 1.94. The molecule has 0 saturated carbocycles. The number of ketones is 1. The second kappa shape index (κ2) is 4.30. The maximum absolute atomic E-state index is 11.2. The molecule has 0 N–H and O–H groups in total. The van der Waals surface area contributed by atoms with Crippen LogP contribution in [0.1, 0.15) is 12.5 Å². The fraction of sp³-hybridized carbons (Fsp3) is 0.308. The molecule has 2 nitrogen and oxygen atoms in total. The molecule has 78 valence electrons. The summed E-state index contributed by atoms with van der Waals surface area (Å²) >= 11 is 0. The Morgan fingerprint density at radius 2 is 2.13 bits per heavy atom. The van der Waals surface area contributed by atoms with E-state index in [-0.39, 0.29) is 11.7 Å². The fourth-order valence-electron chi connectivity index (χ4n) is 1.80. The normalized spacial score (nSPS) is 19.5. The van der Waals surface area contributed by atoms with Gasteiger partial charge < -0.3 is 4.90 Å². The largest absolute Gasteiger partial charge is 0.372 e. The van der Waals surface area contributed by atoms with Crippen molar-refractivity contribution in [1.82, 2.24) is 4.90 Å². The van der Waals surface area contributed by atoms with Gasteiger partial charge in [0, 0.05) is 13.1 Å². The summed E-state index contributed by atoms with van der Waals surface area (Å²) in [6, 6.07) is 10.3. The van der Waals surface area contributed by atoms with Gasteiger partial charge in [0.1, 0.15) is 5.78 Å². The van der Waals surface area contributed by atoms with Gasteiger partial charge in [-0.15, -0.1) is 0 Å². The third-order valence-corrected chi connectivity index (χ3v) is 2.71. The van der Waals surface area contributed by atoms with Crippen LogP contribution in [0.2, 0.25) is 0 Å². The zero-order valence-electron chi connectivity index (χ0n) is 8.89. The van der Waals surface area contributed by atoms with E-state index in [0.717, 1.165) is 13.1 Å². The molecule has 0 saturated heterocycles. The van der Waals surface area contributed by atoms with E-state index >= 15 is 0 Å². The van der Waals surface area contributed by atoms with Gasteiger partial charge in [0.05, 0.1) is 5.92 Å². The van der Waals surface area contributed by atoms with Gasteiger partial charge in [0.15, 0.2) is 0 Å². The van der Waals surface area contributed by atoms with Gasteiger partial charge in [-0.1, -0.05) is 36.4 Å². The number of benzene rings is 1. The first kappa shape index (κ1) is 9.97.